The summed E-state index contributed by atoms with van der Waals surface area (Å²) < 4.78 is 64.9. The minimum Gasteiger partial charge on any atom is -0.484 e. The number of anilines is 1. The van der Waals surface area contributed by atoms with E-state index in [1.807, 2.05) is 0 Å². The monoisotopic (exact) mass is 545 g/mol. The molecule has 12 heteroatoms. The minimum absolute atomic E-state index is 0.0623. The van der Waals surface area contributed by atoms with Gasteiger partial charge in [0.05, 0.1) is 23.0 Å². The Balaban J connectivity index is 1.25. The molecule has 0 bridgehead atoms. The van der Waals surface area contributed by atoms with Crippen molar-refractivity contribution in [3.63, 3.8) is 0 Å². The first-order chi connectivity index (χ1) is 17.7. The molecule has 3 aromatic rings. The summed E-state index contributed by atoms with van der Waals surface area (Å²) in [7, 11) is -7.32. The summed E-state index contributed by atoms with van der Waals surface area (Å²) in [6.45, 7) is 1.33. The number of ether oxygens (including phenoxy) is 2. The van der Waals surface area contributed by atoms with Crippen LogP contribution < -0.4 is 14.8 Å². The largest absolute Gasteiger partial charge is 0.484 e. The predicted octanol–water partition coefficient (Wildman–Crippen LogP) is 2.20. The van der Waals surface area contributed by atoms with Crippen LogP contribution in [-0.2, 0) is 36.1 Å². The molecule has 0 saturated carbocycles. The summed E-state index contributed by atoms with van der Waals surface area (Å²) in [5.74, 6) is -0.0426. The van der Waals surface area contributed by atoms with Gasteiger partial charge in [0, 0.05) is 25.3 Å². The van der Waals surface area contributed by atoms with Crippen LogP contribution in [-0.4, -0.2) is 60.0 Å². The third-order valence-corrected chi connectivity index (χ3v) is 8.86. The normalized spacial score (nSPS) is 14.6. The lowest BCUT2D eigenvalue weighted by atomic mass is 10.2. The molecule has 1 saturated heterocycles. The van der Waals surface area contributed by atoms with Crippen molar-refractivity contribution in [1.29, 1.82) is 0 Å². The van der Waals surface area contributed by atoms with E-state index in [1.54, 1.807) is 42.5 Å². The highest BCUT2D eigenvalue weighted by molar-refractivity contribution is 7.92. The number of benzene rings is 3. The van der Waals surface area contributed by atoms with E-state index in [1.165, 1.54) is 40.7 Å². The Morgan fingerprint density at radius 3 is 2.11 bits per heavy atom. The van der Waals surface area contributed by atoms with Gasteiger partial charge >= 0.3 is 0 Å². The van der Waals surface area contributed by atoms with Crippen molar-refractivity contribution in [2.45, 2.75) is 16.3 Å². The fraction of sp³-hybridized carbons (Fsp3) is 0.240. The molecular formula is C25H27N3O7S2. The number of sulfonamides is 2. The van der Waals surface area contributed by atoms with Gasteiger partial charge in [0.25, 0.3) is 15.9 Å². The van der Waals surface area contributed by atoms with Gasteiger partial charge < -0.3 is 14.8 Å². The van der Waals surface area contributed by atoms with Crippen LogP contribution in [0.15, 0.2) is 88.7 Å². The van der Waals surface area contributed by atoms with Crippen LogP contribution in [0.3, 0.4) is 0 Å². The topological polar surface area (TPSA) is 131 Å². The third kappa shape index (κ3) is 7.07. The van der Waals surface area contributed by atoms with Crippen molar-refractivity contribution in [3.8, 4) is 5.75 Å². The smallest absolute Gasteiger partial charge is 0.261 e. The van der Waals surface area contributed by atoms with Gasteiger partial charge in [-0.3, -0.25) is 9.52 Å². The maximum absolute atomic E-state index is 12.7. The number of carbonyl (C=O) groups excluding carboxylic acids is 1. The van der Waals surface area contributed by atoms with Crippen LogP contribution in [0.4, 0.5) is 5.69 Å². The molecule has 4 rings (SSSR count). The van der Waals surface area contributed by atoms with E-state index in [4.69, 9.17) is 9.47 Å². The van der Waals surface area contributed by atoms with Gasteiger partial charge in [0.15, 0.2) is 6.61 Å². The lowest BCUT2D eigenvalue weighted by Gasteiger charge is -2.26. The number of carbonyl (C=O) groups is 1. The molecule has 2 N–H and O–H groups in total. The van der Waals surface area contributed by atoms with Gasteiger partial charge in [-0.25, -0.2) is 16.8 Å². The molecule has 1 aliphatic rings. The zero-order valence-corrected chi connectivity index (χ0v) is 21.5. The Kier molecular flexibility index (Phi) is 8.44. The van der Waals surface area contributed by atoms with E-state index in [0.29, 0.717) is 37.7 Å². The van der Waals surface area contributed by atoms with Crippen LogP contribution in [0.5, 0.6) is 5.75 Å². The molecule has 37 heavy (non-hydrogen) atoms. The van der Waals surface area contributed by atoms with E-state index in [0.717, 1.165) is 5.56 Å². The SMILES string of the molecule is O=C(COc1ccc(S(=O)(=O)Nc2ccccc2)cc1)NCc1ccc(S(=O)(=O)N2CCOCC2)cc1. The standard InChI is InChI=1S/C25H27N3O7S2/c29-25(26-18-20-6-10-24(11-7-20)37(32,33)28-14-16-34-17-15-28)19-35-22-8-12-23(13-9-22)36(30,31)27-21-4-2-1-3-5-21/h1-13,27H,14-19H2,(H,26,29). The number of morpholine rings is 1. The molecule has 196 valence electrons. The predicted molar refractivity (Wildman–Crippen MR) is 137 cm³/mol. The fourth-order valence-corrected chi connectivity index (χ4v) is 6.02. The van der Waals surface area contributed by atoms with Crippen LogP contribution in [0.1, 0.15) is 5.56 Å². The number of para-hydroxylation sites is 1. The Hall–Kier alpha value is -3.45. The summed E-state index contributed by atoms with van der Waals surface area (Å²) in [5, 5.41) is 2.71. The fourth-order valence-electron chi connectivity index (χ4n) is 3.55. The average Bonchev–Trinajstić information content (AvgIpc) is 2.92. The number of nitrogens with zero attached hydrogens (tertiary/aromatic N) is 1. The molecule has 0 aliphatic carbocycles. The first-order valence-corrected chi connectivity index (χ1v) is 14.4. The van der Waals surface area contributed by atoms with Gasteiger partial charge in [0.1, 0.15) is 5.75 Å². The third-order valence-electron chi connectivity index (χ3n) is 5.55. The maximum atomic E-state index is 12.7. The van der Waals surface area contributed by atoms with E-state index < -0.39 is 20.0 Å². The van der Waals surface area contributed by atoms with Crippen molar-refractivity contribution >= 4 is 31.6 Å². The van der Waals surface area contributed by atoms with Crippen molar-refractivity contribution in [2.24, 2.45) is 0 Å². The van der Waals surface area contributed by atoms with Crippen LogP contribution in [0.2, 0.25) is 0 Å². The van der Waals surface area contributed by atoms with Crippen molar-refractivity contribution in [2.75, 3.05) is 37.6 Å². The lowest BCUT2D eigenvalue weighted by molar-refractivity contribution is -0.123. The number of amides is 1. The molecule has 10 nitrogen and oxygen atoms in total. The molecular weight excluding hydrogens is 518 g/mol. The zero-order chi connectivity index (χ0) is 26.3. The molecule has 0 radical (unpaired) electrons. The van der Waals surface area contributed by atoms with Gasteiger partial charge in [-0.2, -0.15) is 4.31 Å². The molecule has 1 fully saturated rings. The van der Waals surface area contributed by atoms with Crippen LogP contribution in [0.25, 0.3) is 0 Å². The highest BCUT2D eigenvalue weighted by Gasteiger charge is 2.26. The van der Waals surface area contributed by atoms with Crippen LogP contribution in [0, 0.1) is 0 Å². The first kappa shape index (κ1) is 26.6. The Morgan fingerprint density at radius 2 is 1.46 bits per heavy atom. The molecule has 0 atom stereocenters. The van der Waals surface area contributed by atoms with Crippen molar-refractivity contribution in [1.82, 2.24) is 9.62 Å². The maximum Gasteiger partial charge on any atom is 0.261 e. The van der Waals surface area contributed by atoms with Gasteiger partial charge in [-0.1, -0.05) is 30.3 Å². The van der Waals surface area contributed by atoms with Crippen molar-refractivity contribution in [3.05, 3.63) is 84.4 Å². The zero-order valence-electron chi connectivity index (χ0n) is 19.9. The quantitative estimate of drug-likeness (QED) is 0.399. The van der Waals surface area contributed by atoms with E-state index in [9.17, 15) is 21.6 Å². The van der Waals surface area contributed by atoms with Crippen molar-refractivity contribution < 1.29 is 31.1 Å². The number of rotatable bonds is 10. The van der Waals surface area contributed by atoms with Gasteiger partial charge in [-0.05, 0) is 54.1 Å². The molecule has 1 aliphatic heterocycles. The van der Waals surface area contributed by atoms with Crippen LogP contribution >= 0.6 is 0 Å². The molecule has 0 aromatic heterocycles. The van der Waals surface area contributed by atoms with Gasteiger partial charge in [-0.15, -0.1) is 0 Å². The second kappa shape index (κ2) is 11.7. The molecule has 3 aromatic carbocycles. The summed E-state index contributed by atoms with van der Waals surface area (Å²) in [5.41, 5.74) is 1.18. The number of nitrogens with one attached hydrogen (secondary N) is 2. The second-order valence-corrected chi connectivity index (χ2v) is 11.8. The highest BCUT2D eigenvalue weighted by Crippen LogP contribution is 2.20. The Morgan fingerprint density at radius 1 is 0.838 bits per heavy atom. The summed E-state index contributed by atoms with van der Waals surface area (Å²) >= 11 is 0. The van der Waals surface area contributed by atoms with E-state index >= 15 is 0 Å². The highest BCUT2D eigenvalue weighted by atomic mass is 32.2. The second-order valence-electron chi connectivity index (χ2n) is 8.17. The minimum atomic E-state index is -3.75. The van der Waals surface area contributed by atoms with E-state index in [2.05, 4.69) is 10.0 Å². The summed E-state index contributed by atoms with van der Waals surface area (Å²) in [4.78, 5) is 12.4. The number of hydrogen-bond donors (Lipinski definition) is 2. The summed E-state index contributed by atoms with van der Waals surface area (Å²) in [6.07, 6.45) is 0. The van der Waals surface area contributed by atoms with Gasteiger partial charge in [0.2, 0.25) is 10.0 Å². The Labute approximate surface area is 216 Å². The molecule has 1 amide bonds. The number of hydrogen-bond acceptors (Lipinski definition) is 7. The summed E-state index contributed by atoms with van der Waals surface area (Å²) in [6, 6.07) is 20.6. The lowest BCUT2D eigenvalue weighted by Crippen LogP contribution is -2.40. The molecule has 0 spiro atoms. The molecule has 1 heterocycles. The van der Waals surface area contributed by atoms with E-state index in [-0.39, 0.29) is 28.8 Å². The average molecular weight is 546 g/mol. The molecule has 0 unspecified atom stereocenters. The Bertz CT molecular complexity index is 1410. The first-order valence-electron chi connectivity index (χ1n) is 11.5.